The second-order valence-electron chi connectivity index (χ2n) is 6.01. The van der Waals surface area contributed by atoms with E-state index < -0.39 is 0 Å². The van der Waals surface area contributed by atoms with Gasteiger partial charge in [0.05, 0.1) is 17.1 Å². The monoisotopic (exact) mass is 321 g/mol. The molecule has 1 aliphatic carbocycles. The Morgan fingerprint density at radius 1 is 1.33 bits per heavy atom. The highest BCUT2D eigenvalue weighted by Gasteiger charge is 2.42. The van der Waals surface area contributed by atoms with Gasteiger partial charge in [0.15, 0.2) is 5.16 Å². The SMILES string of the molecule is Nc1nc(SCC2CCC3(CCCC3)O2)nc2sccc12. The summed E-state index contributed by atoms with van der Waals surface area (Å²) in [7, 11) is 0. The van der Waals surface area contributed by atoms with Crippen LogP contribution >= 0.6 is 23.1 Å². The van der Waals surface area contributed by atoms with Crippen molar-refractivity contribution in [2.75, 3.05) is 11.5 Å². The summed E-state index contributed by atoms with van der Waals surface area (Å²) in [5, 5.41) is 3.75. The van der Waals surface area contributed by atoms with Crippen molar-refractivity contribution in [1.82, 2.24) is 9.97 Å². The Morgan fingerprint density at radius 2 is 2.19 bits per heavy atom. The number of thiophene rings is 1. The van der Waals surface area contributed by atoms with E-state index in [4.69, 9.17) is 10.5 Å². The predicted octanol–water partition coefficient (Wildman–Crippen LogP) is 3.86. The van der Waals surface area contributed by atoms with Gasteiger partial charge in [-0.2, -0.15) is 0 Å². The summed E-state index contributed by atoms with van der Waals surface area (Å²) < 4.78 is 6.33. The van der Waals surface area contributed by atoms with Gasteiger partial charge < -0.3 is 10.5 Å². The van der Waals surface area contributed by atoms with Crippen molar-refractivity contribution in [2.24, 2.45) is 0 Å². The molecule has 1 saturated carbocycles. The Kier molecular flexibility index (Phi) is 3.55. The van der Waals surface area contributed by atoms with Crippen LogP contribution in [0, 0.1) is 0 Å². The molecule has 0 bridgehead atoms. The first-order chi connectivity index (χ1) is 10.2. The average molecular weight is 321 g/mol. The van der Waals surface area contributed by atoms with Gasteiger partial charge in [0.25, 0.3) is 0 Å². The molecule has 112 valence electrons. The van der Waals surface area contributed by atoms with Crippen LogP contribution in [0.2, 0.25) is 0 Å². The van der Waals surface area contributed by atoms with E-state index in [0.29, 0.717) is 11.9 Å². The van der Waals surface area contributed by atoms with Crippen molar-refractivity contribution in [1.29, 1.82) is 0 Å². The van der Waals surface area contributed by atoms with Crippen LogP contribution in [0.15, 0.2) is 16.6 Å². The maximum Gasteiger partial charge on any atom is 0.190 e. The summed E-state index contributed by atoms with van der Waals surface area (Å²) in [6.07, 6.45) is 7.90. The molecule has 1 unspecified atom stereocenters. The van der Waals surface area contributed by atoms with Crippen LogP contribution in [0.25, 0.3) is 10.2 Å². The maximum absolute atomic E-state index is 6.33. The standard InChI is InChI=1S/C15H19N3OS2/c16-12-11-4-8-20-13(11)18-14(17-12)21-9-10-3-7-15(19-10)5-1-2-6-15/h4,8,10H,1-3,5-7,9H2,(H2,16,17,18). The molecular formula is C15H19N3OS2. The number of rotatable bonds is 3. The largest absolute Gasteiger partial charge is 0.383 e. The number of nitrogen functional groups attached to an aromatic ring is 1. The van der Waals surface area contributed by atoms with E-state index in [1.165, 1.54) is 38.5 Å². The number of nitrogens with zero attached hydrogens (tertiary/aromatic N) is 2. The predicted molar refractivity (Wildman–Crippen MR) is 87.9 cm³/mol. The van der Waals surface area contributed by atoms with Crippen LogP contribution in [0.3, 0.4) is 0 Å². The van der Waals surface area contributed by atoms with Gasteiger partial charge in [0, 0.05) is 5.75 Å². The molecule has 0 amide bonds. The quantitative estimate of drug-likeness (QED) is 0.687. The highest BCUT2D eigenvalue weighted by molar-refractivity contribution is 7.99. The molecular weight excluding hydrogens is 302 g/mol. The number of anilines is 1. The van der Waals surface area contributed by atoms with Gasteiger partial charge in [-0.1, -0.05) is 24.6 Å². The van der Waals surface area contributed by atoms with Crippen molar-refractivity contribution >= 4 is 39.1 Å². The number of thioether (sulfide) groups is 1. The normalized spacial score (nSPS) is 24.3. The van der Waals surface area contributed by atoms with E-state index in [1.807, 2.05) is 11.4 Å². The van der Waals surface area contributed by atoms with Crippen LogP contribution in [-0.4, -0.2) is 27.4 Å². The summed E-state index contributed by atoms with van der Waals surface area (Å²) in [5.41, 5.74) is 6.20. The molecule has 0 aromatic carbocycles. The summed E-state index contributed by atoms with van der Waals surface area (Å²) in [4.78, 5) is 9.96. The van der Waals surface area contributed by atoms with Crippen LogP contribution in [0.5, 0.6) is 0 Å². The molecule has 1 atom stereocenters. The molecule has 1 spiro atoms. The Bertz CT molecular complexity index is 651. The third kappa shape index (κ3) is 2.64. The number of nitrogens with two attached hydrogens (primary N) is 1. The van der Waals surface area contributed by atoms with Crippen molar-refractivity contribution in [3.8, 4) is 0 Å². The smallest absolute Gasteiger partial charge is 0.190 e. The van der Waals surface area contributed by atoms with Gasteiger partial charge in [-0.25, -0.2) is 9.97 Å². The molecule has 6 heteroatoms. The molecule has 2 aromatic heterocycles. The minimum absolute atomic E-state index is 0.211. The van der Waals surface area contributed by atoms with Gasteiger partial charge in [-0.05, 0) is 37.1 Å². The van der Waals surface area contributed by atoms with Crippen molar-refractivity contribution in [3.63, 3.8) is 0 Å². The topological polar surface area (TPSA) is 61.0 Å². The lowest BCUT2D eigenvalue weighted by Crippen LogP contribution is -2.25. The van der Waals surface area contributed by atoms with Crippen molar-refractivity contribution < 1.29 is 4.74 Å². The van der Waals surface area contributed by atoms with Crippen molar-refractivity contribution in [3.05, 3.63) is 11.4 Å². The van der Waals surface area contributed by atoms with E-state index in [0.717, 1.165) is 21.1 Å². The Morgan fingerprint density at radius 3 is 3.05 bits per heavy atom. The summed E-state index contributed by atoms with van der Waals surface area (Å²) in [6.45, 7) is 0. The number of fused-ring (bicyclic) bond motifs is 1. The summed E-state index contributed by atoms with van der Waals surface area (Å²) >= 11 is 3.28. The molecule has 1 saturated heterocycles. The first-order valence-electron chi connectivity index (χ1n) is 7.55. The zero-order valence-corrected chi connectivity index (χ0v) is 13.5. The van der Waals surface area contributed by atoms with Gasteiger partial charge in [-0.15, -0.1) is 11.3 Å². The van der Waals surface area contributed by atoms with E-state index in [1.54, 1.807) is 23.1 Å². The lowest BCUT2D eigenvalue weighted by atomic mass is 9.98. The third-order valence-electron chi connectivity index (χ3n) is 4.59. The second kappa shape index (κ2) is 5.41. The second-order valence-corrected chi connectivity index (χ2v) is 7.89. The lowest BCUT2D eigenvalue weighted by molar-refractivity contribution is -0.0267. The number of hydrogen-bond donors (Lipinski definition) is 1. The first-order valence-corrected chi connectivity index (χ1v) is 9.42. The van der Waals surface area contributed by atoms with Gasteiger partial charge in [-0.3, -0.25) is 0 Å². The van der Waals surface area contributed by atoms with E-state index in [9.17, 15) is 0 Å². The Labute approximate surface area is 132 Å². The maximum atomic E-state index is 6.33. The molecule has 21 heavy (non-hydrogen) atoms. The molecule has 4 rings (SSSR count). The minimum Gasteiger partial charge on any atom is -0.383 e. The van der Waals surface area contributed by atoms with Gasteiger partial charge in [0.1, 0.15) is 10.6 Å². The van der Waals surface area contributed by atoms with Crippen LogP contribution in [0.4, 0.5) is 5.82 Å². The molecule has 2 N–H and O–H groups in total. The lowest BCUT2D eigenvalue weighted by Gasteiger charge is -2.23. The first kappa shape index (κ1) is 13.8. The fourth-order valence-corrected chi connectivity index (χ4v) is 5.21. The summed E-state index contributed by atoms with van der Waals surface area (Å²) in [5.74, 6) is 1.52. The van der Waals surface area contributed by atoms with Gasteiger partial charge >= 0.3 is 0 Å². The third-order valence-corrected chi connectivity index (χ3v) is 6.37. The fourth-order valence-electron chi connectivity index (χ4n) is 3.49. The summed E-state index contributed by atoms with van der Waals surface area (Å²) in [6, 6.07) is 1.98. The minimum atomic E-state index is 0.211. The highest BCUT2D eigenvalue weighted by Crippen LogP contribution is 2.44. The Balaban J connectivity index is 1.42. The van der Waals surface area contributed by atoms with Crippen LogP contribution in [0.1, 0.15) is 38.5 Å². The number of hydrogen-bond acceptors (Lipinski definition) is 6. The number of aromatic nitrogens is 2. The van der Waals surface area contributed by atoms with Crippen LogP contribution < -0.4 is 5.73 Å². The molecule has 1 aliphatic heterocycles. The average Bonchev–Trinajstić information content (AvgIpc) is 3.19. The molecule has 0 radical (unpaired) electrons. The molecule has 3 heterocycles. The molecule has 2 aliphatic rings. The molecule has 4 nitrogen and oxygen atoms in total. The van der Waals surface area contributed by atoms with E-state index in [-0.39, 0.29) is 5.60 Å². The zero-order chi connectivity index (χ0) is 14.3. The Hall–Kier alpha value is -0.850. The zero-order valence-electron chi connectivity index (χ0n) is 11.9. The van der Waals surface area contributed by atoms with E-state index >= 15 is 0 Å². The molecule has 2 aromatic rings. The number of ether oxygens (including phenoxy) is 1. The fraction of sp³-hybridized carbons (Fsp3) is 0.600. The van der Waals surface area contributed by atoms with Gasteiger partial charge in [0.2, 0.25) is 0 Å². The highest BCUT2D eigenvalue weighted by atomic mass is 32.2. The van der Waals surface area contributed by atoms with Crippen LogP contribution in [-0.2, 0) is 4.74 Å². The molecule has 2 fully saturated rings. The van der Waals surface area contributed by atoms with Crippen molar-refractivity contribution in [2.45, 2.75) is 55.4 Å². The van der Waals surface area contributed by atoms with E-state index in [2.05, 4.69) is 9.97 Å².